The predicted molar refractivity (Wildman–Crippen MR) is 136 cm³/mol. The zero-order valence-electron chi connectivity index (χ0n) is 20.8. The van der Waals surface area contributed by atoms with Crippen molar-refractivity contribution in [3.63, 3.8) is 0 Å². The maximum absolute atomic E-state index is 13.8. The Bertz CT molecular complexity index is 1260. The molecule has 6 nitrogen and oxygen atoms in total. The second-order valence-corrected chi connectivity index (χ2v) is 10.5. The number of aryl methyl sites for hydroxylation is 2. The summed E-state index contributed by atoms with van der Waals surface area (Å²) in [7, 11) is 0. The van der Waals surface area contributed by atoms with Crippen molar-refractivity contribution >= 4 is 35.0 Å². The highest BCUT2D eigenvalue weighted by Gasteiger charge is 2.61. The van der Waals surface area contributed by atoms with Crippen molar-refractivity contribution < 1.29 is 19.2 Å². The average molecular weight is 481 g/mol. The van der Waals surface area contributed by atoms with Crippen molar-refractivity contribution in [3.05, 3.63) is 83.0 Å². The van der Waals surface area contributed by atoms with Crippen LogP contribution in [0.5, 0.6) is 0 Å². The van der Waals surface area contributed by atoms with E-state index < -0.39 is 35.5 Å². The quantitative estimate of drug-likeness (QED) is 0.477. The van der Waals surface area contributed by atoms with E-state index in [-0.39, 0.29) is 23.6 Å². The van der Waals surface area contributed by atoms with E-state index in [9.17, 15) is 19.2 Å². The molecule has 0 radical (unpaired) electrons. The number of nitrogens with zero attached hydrogens (tertiary/aromatic N) is 2. The molecule has 6 heteroatoms. The SMILES string of the molecule is Cc1cccc(N2C(=O)C3C=CC4C(=O)N(c5cccc(C)c5C)C(=O)C5C=CC(C2=O)C3C45)c1C. The third kappa shape index (κ3) is 2.90. The van der Waals surface area contributed by atoms with Crippen LogP contribution in [0.4, 0.5) is 11.4 Å². The standard InChI is InChI=1S/C30H28N2O4/c1-15-7-5-9-23(17(15)3)31-27(33)19-11-13-21-26-22(14-12-20(25(19)26)28(31)34)30(36)32(29(21)35)24-10-6-8-16(2)18(24)4/h5-14,19-22,25-26H,1-4H3. The zero-order chi connectivity index (χ0) is 25.5. The molecule has 0 bridgehead atoms. The fourth-order valence-corrected chi connectivity index (χ4v) is 6.63. The van der Waals surface area contributed by atoms with Gasteiger partial charge in [0.25, 0.3) is 0 Å². The van der Waals surface area contributed by atoms with Gasteiger partial charge < -0.3 is 0 Å². The topological polar surface area (TPSA) is 74.8 Å². The van der Waals surface area contributed by atoms with Gasteiger partial charge in [0.05, 0.1) is 35.0 Å². The predicted octanol–water partition coefficient (Wildman–Crippen LogP) is 4.20. The van der Waals surface area contributed by atoms with Crippen LogP contribution in [0.25, 0.3) is 0 Å². The molecule has 2 fully saturated rings. The molecule has 6 rings (SSSR count). The van der Waals surface area contributed by atoms with Crippen LogP contribution in [-0.2, 0) is 19.2 Å². The van der Waals surface area contributed by atoms with Crippen LogP contribution in [0.3, 0.4) is 0 Å². The summed E-state index contributed by atoms with van der Waals surface area (Å²) < 4.78 is 0. The Morgan fingerprint density at radius 2 is 0.806 bits per heavy atom. The molecule has 0 aromatic heterocycles. The maximum atomic E-state index is 13.8. The molecular weight excluding hydrogens is 452 g/mol. The molecule has 4 atom stereocenters. The molecule has 2 aliphatic heterocycles. The minimum atomic E-state index is -0.561. The van der Waals surface area contributed by atoms with Gasteiger partial charge in [0.1, 0.15) is 0 Å². The van der Waals surface area contributed by atoms with Gasteiger partial charge in [0, 0.05) is 0 Å². The van der Waals surface area contributed by atoms with Gasteiger partial charge in [-0.3, -0.25) is 19.2 Å². The molecule has 2 aromatic carbocycles. The minimum absolute atomic E-state index is 0.282. The number of imide groups is 2. The van der Waals surface area contributed by atoms with Crippen molar-refractivity contribution in [3.8, 4) is 0 Å². The van der Waals surface area contributed by atoms with E-state index in [4.69, 9.17) is 0 Å². The molecule has 0 saturated carbocycles. The third-order valence-electron chi connectivity index (χ3n) is 8.81. The molecule has 4 amide bonds. The van der Waals surface area contributed by atoms with Gasteiger partial charge in [-0.2, -0.15) is 0 Å². The highest BCUT2D eigenvalue weighted by Crippen LogP contribution is 2.53. The highest BCUT2D eigenvalue weighted by molar-refractivity contribution is 6.22. The second kappa shape index (κ2) is 7.85. The smallest absolute Gasteiger partial charge is 0.241 e. The Labute approximate surface area is 210 Å². The highest BCUT2D eigenvalue weighted by atomic mass is 16.2. The molecule has 0 N–H and O–H groups in total. The minimum Gasteiger partial charge on any atom is -0.273 e. The Kier molecular flexibility index (Phi) is 4.94. The van der Waals surface area contributed by atoms with Gasteiger partial charge in [-0.25, -0.2) is 9.80 Å². The van der Waals surface area contributed by atoms with E-state index >= 15 is 0 Å². The number of amides is 4. The number of piperidine rings is 2. The summed E-state index contributed by atoms with van der Waals surface area (Å²) in [4.78, 5) is 57.7. The number of carbonyl (C=O) groups excluding carboxylic acids is 4. The normalized spacial score (nSPS) is 30.7. The Morgan fingerprint density at radius 3 is 1.11 bits per heavy atom. The van der Waals surface area contributed by atoms with Gasteiger partial charge in [-0.05, 0) is 73.9 Å². The van der Waals surface area contributed by atoms with Crippen LogP contribution >= 0.6 is 0 Å². The van der Waals surface area contributed by atoms with Gasteiger partial charge in [-0.1, -0.05) is 48.6 Å². The number of benzene rings is 2. The summed E-state index contributed by atoms with van der Waals surface area (Å²) in [6, 6.07) is 11.2. The van der Waals surface area contributed by atoms with Crippen LogP contribution in [0.2, 0.25) is 0 Å². The van der Waals surface area contributed by atoms with Crippen molar-refractivity contribution in [1.29, 1.82) is 0 Å². The molecule has 2 aliphatic carbocycles. The average Bonchev–Trinajstić information content (AvgIpc) is 2.86. The summed E-state index contributed by atoms with van der Waals surface area (Å²) in [6.07, 6.45) is 7.21. The fraction of sp³-hybridized carbons (Fsp3) is 0.333. The van der Waals surface area contributed by atoms with Crippen LogP contribution in [0.1, 0.15) is 22.3 Å². The molecule has 182 valence electrons. The first kappa shape index (κ1) is 22.7. The summed E-state index contributed by atoms with van der Waals surface area (Å²) >= 11 is 0. The fourth-order valence-electron chi connectivity index (χ4n) is 6.63. The summed E-state index contributed by atoms with van der Waals surface area (Å²) in [5.74, 6) is -4.20. The third-order valence-corrected chi connectivity index (χ3v) is 8.81. The molecule has 0 spiro atoms. The van der Waals surface area contributed by atoms with E-state index in [0.717, 1.165) is 22.3 Å². The lowest BCUT2D eigenvalue weighted by Crippen LogP contribution is -2.64. The first-order valence-corrected chi connectivity index (χ1v) is 12.5. The van der Waals surface area contributed by atoms with Crippen LogP contribution in [0.15, 0.2) is 60.7 Å². The molecule has 4 unspecified atom stereocenters. The van der Waals surface area contributed by atoms with E-state index in [2.05, 4.69) is 0 Å². The van der Waals surface area contributed by atoms with E-state index in [1.54, 1.807) is 36.4 Å². The summed E-state index contributed by atoms with van der Waals surface area (Å²) in [5.41, 5.74) is 4.99. The number of hydrogen-bond donors (Lipinski definition) is 0. The van der Waals surface area contributed by atoms with Gasteiger partial charge in [-0.15, -0.1) is 0 Å². The van der Waals surface area contributed by atoms with Gasteiger partial charge >= 0.3 is 0 Å². The van der Waals surface area contributed by atoms with E-state index in [0.29, 0.717) is 11.4 Å². The largest absolute Gasteiger partial charge is 0.273 e. The Morgan fingerprint density at radius 1 is 0.500 bits per heavy atom. The van der Waals surface area contributed by atoms with Crippen molar-refractivity contribution in [2.75, 3.05) is 9.80 Å². The van der Waals surface area contributed by atoms with Crippen LogP contribution < -0.4 is 9.80 Å². The molecule has 2 saturated heterocycles. The first-order chi connectivity index (χ1) is 17.2. The molecule has 36 heavy (non-hydrogen) atoms. The Hall–Kier alpha value is -3.80. The number of hydrogen-bond acceptors (Lipinski definition) is 4. The van der Waals surface area contributed by atoms with E-state index in [1.165, 1.54) is 9.80 Å². The monoisotopic (exact) mass is 480 g/mol. The Balaban J connectivity index is 1.45. The summed E-state index contributed by atoms with van der Waals surface area (Å²) in [6.45, 7) is 7.74. The van der Waals surface area contributed by atoms with Crippen LogP contribution in [-0.4, -0.2) is 23.6 Å². The lowest BCUT2D eigenvalue weighted by molar-refractivity contribution is -0.148. The molecule has 4 aliphatic rings. The van der Waals surface area contributed by atoms with E-state index in [1.807, 2.05) is 52.0 Å². The van der Waals surface area contributed by atoms with Gasteiger partial charge in [0.2, 0.25) is 23.6 Å². The molecule has 2 heterocycles. The lowest BCUT2D eigenvalue weighted by atomic mass is 9.55. The van der Waals surface area contributed by atoms with Crippen LogP contribution in [0, 0.1) is 63.2 Å². The second-order valence-electron chi connectivity index (χ2n) is 10.5. The van der Waals surface area contributed by atoms with Gasteiger partial charge in [0.15, 0.2) is 0 Å². The van der Waals surface area contributed by atoms with Crippen molar-refractivity contribution in [2.24, 2.45) is 35.5 Å². The zero-order valence-corrected chi connectivity index (χ0v) is 20.8. The lowest BCUT2D eigenvalue weighted by Gasteiger charge is -2.53. The number of rotatable bonds is 2. The number of anilines is 2. The van der Waals surface area contributed by atoms with Crippen molar-refractivity contribution in [1.82, 2.24) is 0 Å². The summed E-state index contributed by atoms with van der Waals surface area (Å²) in [5, 5.41) is 0. The molecular formula is C30H28N2O4. The number of carbonyl (C=O) groups is 4. The maximum Gasteiger partial charge on any atom is 0.241 e. The molecule has 2 aromatic rings. The van der Waals surface area contributed by atoms with Crippen molar-refractivity contribution in [2.45, 2.75) is 27.7 Å². The first-order valence-electron chi connectivity index (χ1n) is 12.5.